The van der Waals surface area contributed by atoms with E-state index in [9.17, 15) is 44.8 Å². The molecule has 4 aromatic rings. The standard InChI is InChI=1S/2C17H15BrFNO6S/c2*1-27(24,25)12-4-5-13(15(7-12)26-9-16(21)22)17(23)20-8-10-2-3-11(18)6-14(10)19/h2*2-7H,8-9H2,1H3,(H,20,23)(H,21,22). The summed E-state index contributed by atoms with van der Waals surface area (Å²) >= 11 is 6.27. The van der Waals surface area contributed by atoms with Gasteiger partial charge in [-0.2, -0.15) is 0 Å². The molecular weight excluding hydrogens is 890 g/mol. The van der Waals surface area contributed by atoms with Crippen LogP contribution in [0.15, 0.2) is 91.5 Å². The number of amides is 2. The van der Waals surface area contributed by atoms with Crippen molar-refractivity contribution >= 4 is 75.3 Å². The predicted molar refractivity (Wildman–Crippen MR) is 196 cm³/mol. The quantitative estimate of drug-likeness (QED) is 0.135. The van der Waals surface area contributed by atoms with Crippen molar-refractivity contribution in [3.05, 3.63) is 116 Å². The summed E-state index contributed by atoms with van der Waals surface area (Å²) in [5, 5.41) is 22.5. The van der Waals surface area contributed by atoms with Crippen LogP contribution in [-0.2, 0) is 42.4 Å². The number of benzene rings is 4. The molecule has 2 amide bonds. The van der Waals surface area contributed by atoms with Crippen LogP contribution in [-0.4, -0.2) is 76.5 Å². The zero-order chi connectivity index (χ0) is 40.4. The van der Waals surface area contributed by atoms with Gasteiger partial charge in [0.25, 0.3) is 11.8 Å². The number of sulfone groups is 2. The summed E-state index contributed by atoms with van der Waals surface area (Å²) in [5.41, 5.74) is 0.349. The third kappa shape index (κ3) is 13.2. The molecule has 288 valence electrons. The molecule has 54 heavy (non-hydrogen) atoms. The fourth-order valence-electron chi connectivity index (χ4n) is 4.23. The molecule has 0 unspecified atom stereocenters. The second-order valence-electron chi connectivity index (χ2n) is 11.1. The van der Waals surface area contributed by atoms with Crippen LogP contribution in [0.5, 0.6) is 11.5 Å². The number of carboxylic acid groups (broad SMARTS) is 2. The third-order valence-corrected chi connectivity index (χ3v) is 10.1. The Kier molecular flexibility index (Phi) is 15.2. The maximum absolute atomic E-state index is 13.8. The molecule has 0 aliphatic heterocycles. The van der Waals surface area contributed by atoms with Gasteiger partial charge in [-0.25, -0.2) is 35.2 Å². The second-order valence-corrected chi connectivity index (χ2v) is 16.9. The summed E-state index contributed by atoms with van der Waals surface area (Å²) in [7, 11) is -7.17. The van der Waals surface area contributed by atoms with Gasteiger partial charge in [0.2, 0.25) is 0 Å². The summed E-state index contributed by atoms with van der Waals surface area (Å²) < 4.78 is 85.5. The van der Waals surface area contributed by atoms with Crippen molar-refractivity contribution in [1.82, 2.24) is 10.6 Å². The highest BCUT2D eigenvalue weighted by Gasteiger charge is 2.20. The molecule has 0 radical (unpaired) electrons. The fourth-order valence-corrected chi connectivity index (χ4v) is 6.17. The minimum atomic E-state index is -3.58. The Morgan fingerprint density at radius 1 is 0.611 bits per heavy atom. The molecule has 0 atom stereocenters. The first-order valence-corrected chi connectivity index (χ1v) is 20.3. The van der Waals surface area contributed by atoms with E-state index >= 15 is 0 Å². The summed E-state index contributed by atoms with van der Waals surface area (Å²) in [6.45, 7) is -1.75. The molecule has 0 aliphatic carbocycles. The van der Waals surface area contributed by atoms with Crippen LogP contribution < -0.4 is 20.1 Å². The number of aliphatic carboxylic acids is 2. The molecule has 4 N–H and O–H groups in total. The lowest BCUT2D eigenvalue weighted by atomic mass is 10.1. The van der Waals surface area contributed by atoms with Gasteiger partial charge in [-0.3, -0.25) is 9.59 Å². The molecule has 0 saturated carbocycles. The molecule has 4 aromatic carbocycles. The topological polar surface area (TPSA) is 220 Å². The number of nitrogens with one attached hydrogen (secondary N) is 2. The van der Waals surface area contributed by atoms with Crippen LogP contribution in [0.2, 0.25) is 0 Å². The van der Waals surface area contributed by atoms with Crippen molar-refractivity contribution in [2.75, 3.05) is 25.7 Å². The number of carboxylic acids is 2. The number of hydrogen-bond acceptors (Lipinski definition) is 10. The van der Waals surface area contributed by atoms with Crippen LogP contribution >= 0.6 is 31.9 Å². The maximum atomic E-state index is 13.8. The van der Waals surface area contributed by atoms with Crippen molar-refractivity contribution in [3.63, 3.8) is 0 Å². The Morgan fingerprint density at radius 2 is 0.963 bits per heavy atom. The maximum Gasteiger partial charge on any atom is 0.341 e. The molecule has 0 saturated heterocycles. The molecule has 4 rings (SSSR count). The Hall–Kier alpha value is -4.92. The highest BCUT2D eigenvalue weighted by atomic mass is 79.9. The molecule has 20 heteroatoms. The summed E-state index contributed by atoms with van der Waals surface area (Å²) in [6, 6.07) is 15.7. The average molecular weight is 921 g/mol. The highest BCUT2D eigenvalue weighted by molar-refractivity contribution is 9.10. The number of rotatable bonds is 14. The lowest BCUT2D eigenvalue weighted by molar-refractivity contribution is -0.140. The molecule has 0 spiro atoms. The van der Waals surface area contributed by atoms with Gasteiger partial charge in [0, 0.05) is 45.7 Å². The molecule has 0 aliphatic rings. The molecular formula is C34H30Br2F2N2O12S2. The Labute approximate surface area is 324 Å². The van der Waals surface area contributed by atoms with Crippen molar-refractivity contribution in [2.45, 2.75) is 22.9 Å². The molecule has 0 aromatic heterocycles. The summed E-state index contributed by atoms with van der Waals surface area (Å²) in [5.74, 6) is -5.34. The summed E-state index contributed by atoms with van der Waals surface area (Å²) in [4.78, 5) is 46.0. The van der Waals surface area contributed by atoms with E-state index in [1.807, 2.05) is 0 Å². The molecule has 14 nitrogen and oxygen atoms in total. The highest BCUT2D eigenvalue weighted by Crippen LogP contribution is 2.25. The van der Waals surface area contributed by atoms with Crippen LogP contribution in [0, 0.1) is 11.6 Å². The van der Waals surface area contributed by atoms with Gasteiger partial charge < -0.3 is 30.3 Å². The first kappa shape index (κ1) is 43.5. The van der Waals surface area contributed by atoms with Gasteiger partial charge >= 0.3 is 11.9 Å². The van der Waals surface area contributed by atoms with Crippen molar-refractivity contribution in [1.29, 1.82) is 0 Å². The Bertz CT molecular complexity index is 2150. The van der Waals surface area contributed by atoms with Crippen LogP contribution in [0.4, 0.5) is 8.78 Å². The first-order chi connectivity index (χ1) is 25.1. The fraction of sp³-hybridized carbons (Fsp3) is 0.176. The van der Waals surface area contributed by atoms with Gasteiger partial charge in [-0.1, -0.05) is 44.0 Å². The zero-order valence-electron chi connectivity index (χ0n) is 28.1. The third-order valence-electron chi connectivity index (χ3n) is 6.86. The monoisotopic (exact) mass is 918 g/mol. The average Bonchev–Trinajstić information content (AvgIpc) is 3.08. The molecule has 0 heterocycles. The second kappa shape index (κ2) is 18.9. The van der Waals surface area contributed by atoms with Gasteiger partial charge in [0.05, 0.1) is 20.9 Å². The predicted octanol–water partition coefficient (Wildman–Crippen LogP) is 4.77. The van der Waals surface area contributed by atoms with Gasteiger partial charge in [0.1, 0.15) is 23.1 Å². The van der Waals surface area contributed by atoms with Crippen LogP contribution in [0.1, 0.15) is 31.8 Å². The number of ether oxygens (including phenoxy) is 2. The number of hydrogen-bond donors (Lipinski definition) is 4. The molecule has 0 fully saturated rings. The van der Waals surface area contributed by atoms with Gasteiger partial charge in [0.15, 0.2) is 32.9 Å². The smallest absolute Gasteiger partial charge is 0.341 e. The minimum Gasteiger partial charge on any atom is -0.481 e. The van der Waals surface area contributed by atoms with E-state index in [-0.39, 0.29) is 56.6 Å². The van der Waals surface area contributed by atoms with Gasteiger partial charge in [-0.05, 0) is 60.7 Å². The number of carbonyl (C=O) groups excluding carboxylic acids is 2. The lowest BCUT2D eigenvalue weighted by Crippen LogP contribution is -2.24. The van der Waals surface area contributed by atoms with Crippen LogP contribution in [0.3, 0.4) is 0 Å². The van der Waals surface area contributed by atoms with Crippen molar-refractivity contribution in [3.8, 4) is 11.5 Å². The van der Waals surface area contributed by atoms with E-state index in [1.165, 1.54) is 48.5 Å². The van der Waals surface area contributed by atoms with Crippen molar-refractivity contribution < 1.29 is 64.5 Å². The lowest BCUT2D eigenvalue weighted by Gasteiger charge is -2.12. The van der Waals surface area contributed by atoms with E-state index in [0.29, 0.717) is 8.95 Å². The van der Waals surface area contributed by atoms with E-state index in [0.717, 1.165) is 24.6 Å². The first-order valence-electron chi connectivity index (χ1n) is 15.0. The number of halogens is 4. The SMILES string of the molecule is CS(=O)(=O)c1ccc(C(=O)NCc2ccc(Br)cc2F)c(OCC(=O)O)c1.CS(=O)(=O)c1ccc(C(=O)NCc2ccc(Br)cc2F)c(OCC(=O)O)c1. The van der Waals surface area contributed by atoms with E-state index < -0.39 is 68.3 Å². The molecule has 0 bridgehead atoms. The van der Waals surface area contributed by atoms with E-state index in [2.05, 4.69) is 42.5 Å². The van der Waals surface area contributed by atoms with E-state index in [1.54, 1.807) is 12.1 Å². The Morgan fingerprint density at radius 3 is 1.26 bits per heavy atom. The minimum absolute atomic E-state index is 0.0684. The Balaban J connectivity index is 0.000000290. The summed E-state index contributed by atoms with van der Waals surface area (Å²) in [6.07, 6.45) is 1.94. The van der Waals surface area contributed by atoms with Crippen LogP contribution in [0.25, 0.3) is 0 Å². The van der Waals surface area contributed by atoms with Gasteiger partial charge in [-0.15, -0.1) is 0 Å². The van der Waals surface area contributed by atoms with E-state index in [4.69, 9.17) is 19.7 Å². The largest absolute Gasteiger partial charge is 0.481 e. The normalized spacial score (nSPS) is 11.1. The number of carbonyl (C=O) groups is 4. The zero-order valence-corrected chi connectivity index (χ0v) is 32.9. The van der Waals surface area contributed by atoms with Crippen molar-refractivity contribution in [2.24, 2.45) is 0 Å².